The van der Waals surface area contributed by atoms with E-state index in [2.05, 4.69) is 25.5 Å². The summed E-state index contributed by atoms with van der Waals surface area (Å²) in [6, 6.07) is 3.22. The summed E-state index contributed by atoms with van der Waals surface area (Å²) < 4.78 is 80.5. The van der Waals surface area contributed by atoms with E-state index in [1.54, 1.807) is 13.0 Å². The van der Waals surface area contributed by atoms with E-state index in [0.717, 1.165) is 23.6 Å². The molecule has 0 aliphatic heterocycles. The number of aromatic nitrogens is 4. The maximum Gasteiger partial charge on any atom is 0.433 e. The molecule has 1 unspecified atom stereocenters. The van der Waals surface area contributed by atoms with Crippen LogP contribution in [-0.4, -0.2) is 45.8 Å². The second-order valence-electron chi connectivity index (χ2n) is 8.63. The predicted molar refractivity (Wildman–Crippen MR) is 135 cm³/mol. The maximum absolute atomic E-state index is 14.3. The number of carbonyl (C=O) groups is 1. The van der Waals surface area contributed by atoms with Crippen molar-refractivity contribution in [3.63, 3.8) is 0 Å². The normalized spacial score (nSPS) is 16.3. The van der Waals surface area contributed by atoms with Gasteiger partial charge in [-0.05, 0) is 24.6 Å². The topological polar surface area (TPSA) is 122 Å². The van der Waals surface area contributed by atoms with Crippen molar-refractivity contribution in [2.24, 2.45) is 11.0 Å². The van der Waals surface area contributed by atoms with Crippen molar-refractivity contribution in [2.45, 2.75) is 38.3 Å². The molecular formula is C24H23F4N7O3S. The highest BCUT2D eigenvalue weighted by Crippen LogP contribution is 2.31. The highest BCUT2D eigenvalue weighted by Gasteiger charge is 2.33. The molecule has 3 aromatic heterocycles. The first kappa shape index (κ1) is 27.9. The number of allylic oxidation sites excluding steroid dienone is 3. The molecule has 3 aromatic rings. The summed E-state index contributed by atoms with van der Waals surface area (Å²) in [5.41, 5.74) is 1.11. The zero-order valence-electron chi connectivity index (χ0n) is 20.9. The van der Waals surface area contributed by atoms with Crippen molar-refractivity contribution in [1.29, 1.82) is 0 Å². The monoisotopic (exact) mass is 565 g/mol. The summed E-state index contributed by atoms with van der Waals surface area (Å²) in [4.78, 5) is 25.0. The molecule has 0 bridgehead atoms. The molecule has 1 amide bonds. The number of fused-ring (bicyclic) bond motifs is 1. The molecule has 0 saturated heterocycles. The van der Waals surface area contributed by atoms with Gasteiger partial charge < -0.3 is 0 Å². The van der Waals surface area contributed by atoms with E-state index >= 15 is 0 Å². The highest BCUT2D eigenvalue weighted by molar-refractivity contribution is 7.91. The third-order valence-electron chi connectivity index (χ3n) is 5.85. The Morgan fingerprint density at radius 1 is 1.31 bits per heavy atom. The second kappa shape index (κ2) is 10.6. The molecule has 0 aromatic carbocycles. The van der Waals surface area contributed by atoms with Crippen LogP contribution in [0.1, 0.15) is 32.9 Å². The summed E-state index contributed by atoms with van der Waals surface area (Å²) in [7, 11) is -3.86. The van der Waals surface area contributed by atoms with Gasteiger partial charge in [-0.3, -0.25) is 19.5 Å². The number of sulfone groups is 1. The molecule has 39 heavy (non-hydrogen) atoms. The molecule has 15 heteroatoms. The highest BCUT2D eigenvalue weighted by atomic mass is 32.2. The Labute approximate surface area is 220 Å². The Kier molecular flexibility index (Phi) is 7.54. The number of anilines is 1. The van der Waals surface area contributed by atoms with Crippen LogP contribution in [0.3, 0.4) is 0 Å². The van der Waals surface area contributed by atoms with E-state index in [-0.39, 0.29) is 45.1 Å². The number of amides is 1. The van der Waals surface area contributed by atoms with Crippen molar-refractivity contribution >= 4 is 33.5 Å². The summed E-state index contributed by atoms with van der Waals surface area (Å²) in [5.74, 6) is -1.62. The van der Waals surface area contributed by atoms with Gasteiger partial charge in [0.15, 0.2) is 9.84 Å². The number of carbonyl (C=O) groups excluding carboxylic acids is 1. The van der Waals surface area contributed by atoms with Crippen LogP contribution < -0.4 is 10.3 Å². The number of hydrogen-bond acceptors (Lipinski definition) is 8. The number of hydrazone groups is 1. The fourth-order valence-corrected chi connectivity index (χ4v) is 4.74. The lowest BCUT2D eigenvalue weighted by molar-refractivity contribution is -0.141. The Hall–Kier alpha value is -4.14. The third-order valence-corrected chi connectivity index (χ3v) is 7.61. The standard InChI is InChI=1S/C24H23F4N7O3S/c1-4-39(37,38)18-8-9-20(35(15(3)36)13-30-33-16-7-5-6-14(2)22(16)25)32-23(18)17-11-34-12-29-19(24(26,27)28)10-21(34)31-17/h5,7-14,33H,4,6H2,1-3H3/b30-13-. The van der Waals surface area contributed by atoms with E-state index in [0.29, 0.717) is 6.42 Å². The number of nitrogens with one attached hydrogen (secondary N) is 1. The first-order valence-electron chi connectivity index (χ1n) is 11.6. The van der Waals surface area contributed by atoms with Crippen molar-refractivity contribution in [1.82, 2.24) is 24.8 Å². The molecule has 0 fully saturated rings. The van der Waals surface area contributed by atoms with Gasteiger partial charge in [0, 0.05) is 25.1 Å². The number of alkyl halides is 3. The lowest BCUT2D eigenvalue weighted by atomic mass is 10.0. The van der Waals surface area contributed by atoms with Crippen molar-refractivity contribution in [3.05, 3.63) is 60.1 Å². The van der Waals surface area contributed by atoms with Gasteiger partial charge in [0.05, 0.1) is 16.3 Å². The van der Waals surface area contributed by atoms with Crippen molar-refractivity contribution in [3.8, 4) is 11.4 Å². The van der Waals surface area contributed by atoms with E-state index < -0.39 is 33.4 Å². The van der Waals surface area contributed by atoms with Crippen LogP contribution in [0.15, 0.2) is 64.4 Å². The minimum Gasteiger partial charge on any atom is -0.290 e. The molecule has 0 spiro atoms. The van der Waals surface area contributed by atoms with Crippen LogP contribution in [0, 0.1) is 5.92 Å². The van der Waals surface area contributed by atoms with Gasteiger partial charge in [0.1, 0.15) is 47.0 Å². The number of rotatable bonds is 7. The maximum atomic E-state index is 14.3. The summed E-state index contributed by atoms with van der Waals surface area (Å²) in [5, 5.41) is 3.92. The number of hydrogen-bond donors (Lipinski definition) is 1. The molecule has 0 saturated carbocycles. The Bertz CT molecular complexity index is 1630. The minimum absolute atomic E-state index is 0.0497. The molecule has 1 atom stereocenters. The zero-order valence-corrected chi connectivity index (χ0v) is 21.8. The first-order valence-corrected chi connectivity index (χ1v) is 13.3. The van der Waals surface area contributed by atoms with Gasteiger partial charge in [-0.25, -0.2) is 27.8 Å². The van der Waals surface area contributed by atoms with Gasteiger partial charge in [0.25, 0.3) is 0 Å². The number of pyridine rings is 1. The molecule has 0 radical (unpaired) electrons. The summed E-state index contributed by atoms with van der Waals surface area (Å²) in [6.07, 6.45) is 2.37. The van der Waals surface area contributed by atoms with E-state index in [4.69, 9.17) is 0 Å². The van der Waals surface area contributed by atoms with Crippen molar-refractivity contribution in [2.75, 3.05) is 10.7 Å². The Balaban J connectivity index is 1.78. The molecule has 3 heterocycles. The SMILES string of the molecule is CCS(=O)(=O)c1ccc(N(/C=N\NC2=C(F)C(C)CC=C2)C(C)=O)nc1-c1cn2cnc(C(F)(F)F)cc2n1. The lowest BCUT2D eigenvalue weighted by Crippen LogP contribution is -2.29. The predicted octanol–water partition coefficient (Wildman–Crippen LogP) is 4.27. The minimum atomic E-state index is -4.71. The fraction of sp³-hybridized carbons (Fsp3) is 0.292. The van der Waals surface area contributed by atoms with Gasteiger partial charge >= 0.3 is 6.18 Å². The van der Waals surface area contributed by atoms with Gasteiger partial charge in [-0.15, -0.1) is 0 Å². The van der Waals surface area contributed by atoms with Crippen LogP contribution in [0.4, 0.5) is 23.4 Å². The van der Waals surface area contributed by atoms with E-state index in [1.807, 2.05) is 0 Å². The molecule has 1 N–H and O–H groups in total. The van der Waals surface area contributed by atoms with E-state index in [1.165, 1.54) is 42.7 Å². The van der Waals surface area contributed by atoms with Crippen LogP contribution in [-0.2, 0) is 20.8 Å². The van der Waals surface area contributed by atoms with Gasteiger partial charge in [-0.1, -0.05) is 19.9 Å². The first-order chi connectivity index (χ1) is 18.3. The average Bonchev–Trinajstić information content (AvgIpc) is 3.31. The Morgan fingerprint density at radius 2 is 2.05 bits per heavy atom. The van der Waals surface area contributed by atoms with Gasteiger partial charge in [0.2, 0.25) is 5.91 Å². The largest absolute Gasteiger partial charge is 0.433 e. The Morgan fingerprint density at radius 3 is 2.72 bits per heavy atom. The van der Waals surface area contributed by atoms with Gasteiger partial charge in [-0.2, -0.15) is 18.3 Å². The van der Waals surface area contributed by atoms with Crippen LogP contribution in [0.5, 0.6) is 0 Å². The van der Waals surface area contributed by atoms with Crippen LogP contribution >= 0.6 is 0 Å². The lowest BCUT2D eigenvalue weighted by Gasteiger charge is -2.18. The zero-order chi connectivity index (χ0) is 28.5. The molecule has 206 valence electrons. The van der Waals surface area contributed by atoms with E-state index in [9.17, 15) is 30.8 Å². The van der Waals surface area contributed by atoms with Crippen LogP contribution in [0.25, 0.3) is 17.0 Å². The third kappa shape index (κ3) is 5.82. The summed E-state index contributed by atoms with van der Waals surface area (Å²) in [6.45, 7) is 4.34. The van der Waals surface area contributed by atoms with Crippen LogP contribution in [0.2, 0.25) is 0 Å². The molecular weight excluding hydrogens is 542 g/mol. The molecule has 10 nitrogen and oxygen atoms in total. The second-order valence-corrected chi connectivity index (χ2v) is 10.9. The average molecular weight is 566 g/mol. The molecule has 1 aliphatic carbocycles. The number of halogens is 4. The molecule has 4 rings (SSSR count). The fourth-order valence-electron chi connectivity index (χ4n) is 3.71. The molecule has 1 aliphatic rings. The van der Waals surface area contributed by atoms with Crippen molar-refractivity contribution < 1.29 is 30.8 Å². The quantitative estimate of drug-likeness (QED) is 0.197. The number of imidazole rings is 1. The smallest absolute Gasteiger partial charge is 0.290 e. The summed E-state index contributed by atoms with van der Waals surface area (Å²) >= 11 is 0. The number of nitrogens with zero attached hydrogens (tertiary/aromatic N) is 6.